The molecule has 7 heteroatoms. The van der Waals surface area contributed by atoms with Gasteiger partial charge in [0.2, 0.25) is 0 Å². The minimum absolute atomic E-state index is 0.183. The largest absolute Gasteiger partial charge is 0.452 e. The first-order valence-corrected chi connectivity index (χ1v) is 9.54. The van der Waals surface area contributed by atoms with Gasteiger partial charge in [0.1, 0.15) is 5.52 Å². The molecule has 0 bridgehead atoms. The van der Waals surface area contributed by atoms with Gasteiger partial charge in [-0.05, 0) is 37.1 Å². The molecular formula is C21H19ClN2O4. The van der Waals surface area contributed by atoms with Crippen LogP contribution in [0.3, 0.4) is 0 Å². The van der Waals surface area contributed by atoms with Gasteiger partial charge in [-0.25, -0.2) is 9.78 Å². The van der Waals surface area contributed by atoms with Crippen LogP contribution in [0.15, 0.2) is 52.9 Å². The fraction of sp³-hybridized carbons (Fsp3) is 0.286. The SMILES string of the molecule is O=C(OCC(=O)N1CCC(c2nc3ccccc3o2)CC1)c1ccccc1Cl. The number of benzene rings is 2. The van der Waals surface area contributed by atoms with E-state index >= 15 is 0 Å². The van der Waals surface area contributed by atoms with Gasteiger partial charge in [-0.1, -0.05) is 35.9 Å². The summed E-state index contributed by atoms with van der Waals surface area (Å²) in [5.74, 6) is 0.0947. The van der Waals surface area contributed by atoms with Crippen LogP contribution in [-0.2, 0) is 9.53 Å². The zero-order valence-electron chi connectivity index (χ0n) is 15.1. The van der Waals surface area contributed by atoms with Crippen molar-refractivity contribution in [2.75, 3.05) is 19.7 Å². The van der Waals surface area contributed by atoms with Crippen molar-refractivity contribution in [2.45, 2.75) is 18.8 Å². The predicted molar refractivity (Wildman–Crippen MR) is 104 cm³/mol. The minimum Gasteiger partial charge on any atom is -0.452 e. The fourth-order valence-electron chi connectivity index (χ4n) is 3.36. The molecule has 4 rings (SSSR count). The number of aromatic nitrogens is 1. The summed E-state index contributed by atoms with van der Waals surface area (Å²) in [5.41, 5.74) is 1.89. The lowest BCUT2D eigenvalue weighted by atomic mass is 9.97. The van der Waals surface area contributed by atoms with Crippen molar-refractivity contribution in [2.24, 2.45) is 0 Å². The Labute approximate surface area is 167 Å². The summed E-state index contributed by atoms with van der Waals surface area (Å²) in [5, 5.41) is 0.305. The van der Waals surface area contributed by atoms with Gasteiger partial charge in [-0.2, -0.15) is 0 Å². The second kappa shape index (κ2) is 8.02. The number of ether oxygens (including phenoxy) is 1. The van der Waals surface area contributed by atoms with Gasteiger partial charge >= 0.3 is 5.97 Å². The Kier molecular flexibility index (Phi) is 5.30. The van der Waals surface area contributed by atoms with E-state index in [1.54, 1.807) is 29.2 Å². The standard InChI is InChI=1S/C21H19ClN2O4/c22-16-6-2-1-5-15(16)21(26)27-13-19(25)24-11-9-14(10-12-24)20-23-17-7-3-4-8-18(17)28-20/h1-8,14H,9-13H2. The smallest absolute Gasteiger partial charge is 0.340 e. The Balaban J connectivity index is 1.30. The van der Waals surface area contributed by atoms with Gasteiger partial charge in [-0.3, -0.25) is 4.79 Å². The lowest BCUT2D eigenvalue weighted by Gasteiger charge is -2.30. The number of hydrogen-bond donors (Lipinski definition) is 0. The molecule has 6 nitrogen and oxygen atoms in total. The van der Waals surface area contributed by atoms with Gasteiger partial charge in [0, 0.05) is 19.0 Å². The van der Waals surface area contributed by atoms with Crippen molar-refractivity contribution in [3.8, 4) is 0 Å². The first kappa shape index (κ1) is 18.5. The van der Waals surface area contributed by atoms with E-state index in [0.29, 0.717) is 18.1 Å². The van der Waals surface area contributed by atoms with E-state index in [4.69, 9.17) is 20.8 Å². The van der Waals surface area contributed by atoms with Crippen LogP contribution >= 0.6 is 11.6 Å². The van der Waals surface area contributed by atoms with E-state index in [2.05, 4.69) is 4.98 Å². The number of likely N-dealkylation sites (tertiary alicyclic amines) is 1. The van der Waals surface area contributed by atoms with E-state index in [1.165, 1.54) is 0 Å². The molecule has 0 spiro atoms. The lowest BCUT2D eigenvalue weighted by Crippen LogP contribution is -2.40. The molecule has 0 unspecified atom stereocenters. The highest BCUT2D eigenvalue weighted by molar-refractivity contribution is 6.33. The summed E-state index contributed by atoms with van der Waals surface area (Å²) >= 11 is 5.98. The highest BCUT2D eigenvalue weighted by Gasteiger charge is 2.27. The number of carbonyl (C=O) groups excluding carboxylic acids is 2. The monoisotopic (exact) mass is 398 g/mol. The third kappa shape index (κ3) is 3.87. The van der Waals surface area contributed by atoms with Gasteiger partial charge < -0.3 is 14.1 Å². The molecule has 2 aromatic carbocycles. The maximum Gasteiger partial charge on any atom is 0.340 e. The van der Waals surface area contributed by atoms with Crippen molar-refractivity contribution in [3.05, 3.63) is 65.0 Å². The highest BCUT2D eigenvalue weighted by Crippen LogP contribution is 2.30. The van der Waals surface area contributed by atoms with Crippen LogP contribution in [0.4, 0.5) is 0 Å². The van der Waals surface area contributed by atoms with Gasteiger partial charge in [-0.15, -0.1) is 0 Å². The van der Waals surface area contributed by atoms with Crippen LogP contribution in [0.1, 0.15) is 35.0 Å². The number of piperidine rings is 1. The van der Waals surface area contributed by atoms with E-state index < -0.39 is 5.97 Å². The number of rotatable bonds is 4. The fourth-order valence-corrected chi connectivity index (χ4v) is 3.58. The van der Waals surface area contributed by atoms with Crippen LogP contribution in [0.2, 0.25) is 5.02 Å². The Morgan fingerprint density at radius 2 is 1.82 bits per heavy atom. The second-order valence-corrected chi connectivity index (χ2v) is 7.14. The molecule has 0 atom stereocenters. The molecule has 1 fully saturated rings. The van der Waals surface area contributed by atoms with Gasteiger partial charge in [0.25, 0.3) is 5.91 Å². The summed E-state index contributed by atoms with van der Waals surface area (Å²) in [7, 11) is 0. The number of nitrogens with zero attached hydrogens (tertiary/aromatic N) is 2. The zero-order valence-corrected chi connectivity index (χ0v) is 15.9. The van der Waals surface area contributed by atoms with Gasteiger partial charge in [0.15, 0.2) is 18.1 Å². The van der Waals surface area contributed by atoms with Crippen LogP contribution in [0.25, 0.3) is 11.1 Å². The topological polar surface area (TPSA) is 72.6 Å². The van der Waals surface area contributed by atoms with Crippen molar-refractivity contribution >= 4 is 34.6 Å². The summed E-state index contributed by atoms with van der Waals surface area (Å²) in [6, 6.07) is 14.3. The molecule has 0 aliphatic carbocycles. The summed E-state index contributed by atoms with van der Waals surface area (Å²) in [4.78, 5) is 30.7. The number of amides is 1. The highest BCUT2D eigenvalue weighted by atomic mass is 35.5. The van der Waals surface area contributed by atoms with Crippen molar-refractivity contribution in [1.29, 1.82) is 0 Å². The van der Waals surface area contributed by atoms with E-state index in [-0.39, 0.29) is 24.0 Å². The Morgan fingerprint density at radius 3 is 2.57 bits per heavy atom. The Bertz CT molecular complexity index is 975. The number of esters is 1. The minimum atomic E-state index is -0.597. The van der Waals surface area contributed by atoms with Crippen LogP contribution in [0.5, 0.6) is 0 Å². The van der Waals surface area contributed by atoms with Crippen LogP contribution < -0.4 is 0 Å². The molecule has 2 heterocycles. The number of fused-ring (bicyclic) bond motifs is 1. The molecule has 0 N–H and O–H groups in total. The average Bonchev–Trinajstić information content (AvgIpc) is 3.16. The first-order valence-electron chi connectivity index (χ1n) is 9.16. The maximum atomic E-state index is 12.4. The third-order valence-electron chi connectivity index (χ3n) is 4.93. The lowest BCUT2D eigenvalue weighted by molar-refractivity contribution is -0.135. The molecule has 1 aliphatic heterocycles. The van der Waals surface area contributed by atoms with Crippen molar-refractivity contribution < 1.29 is 18.7 Å². The second-order valence-electron chi connectivity index (χ2n) is 6.73. The third-order valence-corrected chi connectivity index (χ3v) is 5.26. The summed E-state index contributed by atoms with van der Waals surface area (Å²) in [6.07, 6.45) is 1.52. The molecule has 0 radical (unpaired) electrons. The first-order chi connectivity index (χ1) is 13.6. The number of hydrogen-bond acceptors (Lipinski definition) is 5. The molecule has 1 amide bonds. The molecule has 144 valence electrons. The molecule has 3 aromatic rings. The maximum absolute atomic E-state index is 12.4. The summed E-state index contributed by atoms with van der Waals surface area (Å²) < 4.78 is 11.0. The molecule has 1 saturated heterocycles. The molecule has 1 aliphatic rings. The van der Waals surface area contributed by atoms with E-state index in [9.17, 15) is 9.59 Å². The summed E-state index contributed by atoms with van der Waals surface area (Å²) in [6.45, 7) is 0.856. The number of halogens is 1. The molecular weight excluding hydrogens is 380 g/mol. The molecule has 0 saturated carbocycles. The normalized spacial score (nSPS) is 15.0. The number of para-hydroxylation sites is 2. The molecule has 1 aromatic heterocycles. The van der Waals surface area contributed by atoms with Gasteiger partial charge in [0.05, 0.1) is 10.6 Å². The average molecular weight is 399 g/mol. The van der Waals surface area contributed by atoms with Crippen molar-refractivity contribution in [1.82, 2.24) is 9.88 Å². The van der Waals surface area contributed by atoms with Crippen LogP contribution in [-0.4, -0.2) is 41.5 Å². The number of oxazole rings is 1. The predicted octanol–water partition coefficient (Wildman–Crippen LogP) is 4.04. The molecule has 28 heavy (non-hydrogen) atoms. The van der Waals surface area contributed by atoms with E-state index in [1.807, 2.05) is 24.3 Å². The number of carbonyl (C=O) groups is 2. The Morgan fingerprint density at radius 1 is 1.11 bits per heavy atom. The van der Waals surface area contributed by atoms with E-state index in [0.717, 1.165) is 29.8 Å². The zero-order chi connectivity index (χ0) is 19.5. The van der Waals surface area contributed by atoms with Crippen LogP contribution in [0, 0.1) is 0 Å². The quantitative estimate of drug-likeness (QED) is 0.620. The van der Waals surface area contributed by atoms with Crippen molar-refractivity contribution in [3.63, 3.8) is 0 Å². The Hall–Kier alpha value is -2.86.